The minimum atomic E-state index is -0.439. The van der Waals surface area contributed by atoms with Gasteiger partial charge in [-0.05, 0) is 17.2 Å². The van der Waals surface area contributed by atoms with E-state index in [1.165, 1.54) is 7.11 Å². The lowest BCUT2D eigenvalue weighted by atomic mass is 9.83. The second kappa shape index (κ2) is 4.91. The molecule has 1 aromatic carbocycles. The van der Waals surface area contributed by atoms with Gasteiger partial charge in [0.05, 0.1) is 13.5 Å². The zero-order valence-electron chi connectivity index (χ0n) is 11.4. The number of benzene rings is 1. The van der Waals surface area contributed by atoms with Crippen molar-refractivity contribution in [2.45, 2.75) is 25.7 Å². The molecular weight excluding hydrogens is 244 g/mol. The number of anilines is 1. The lowest BCUT2D eigenvalue weighted by Gasteiger charge is -2.25. The lowest BCUT2D eigenvalue weighted by Crippen LogP contribution is -2.36. The van der Waals surface area contributed by atoms with Crippen LogP contribution in [0.4, 0.5) is 10.5 Å². The fourth-order valence-electron chi connectivity index (χ4n) is 2.12. The maximum Gasteiger partial charge on any atom is 0.406 e. The zero-order chi connectivity index (χ0) is 14.0. The molecule has 1 aliphatic rings. The van der Waals surface area contributed by atoms with E-state index in [0.29, 0.717) is 13.0 Å². The second-order valence-corrected chi connectivity index (χ2v) is 5.33. The van der Waals surface area contributed by atoms with Gasteiger partial charge in [-0.15, -0.1) is 0 Å². The van der Waals surface area contributed by atoms with Crippen LogP contribution in [0.15, 0.2) is 18.2 Å². The molecular formula is C14H18N2O3. The summed E-state index contributed by atoms with van der Waals surface area (Å²) in [5.74, 6) is 0.0256. The molecule has 2 rings (SSSR count). The molecule has 0 aliphatic carbocycles. The molecule has 0 spiro atoms. The average Bonchev–Trinajstić information content (AvgIpc) is 2.74. The van der Waals surface area contributed by atoms with E-state index in [0.717, 1.165) is 16.8 Å². The van der Waals surface area contributed by atoms with Gasteiger partial charge in [0, 0.05) is 17.6 Å². The number of fused-ring (bicyclic) bond motifs is 1. The molecule has 1 aliphatic heterocycles. The molecule has 0 bridgehead atoms. The van der Waals surface area contributed by atoms with Gasteiger partial charge in [0.2, 0.25) is 5.91 Å². The number of carbonyl (C=O) groups excluding carboxylic acids is 2. The molecule has 1 heterocycles. The van der Waals surface area contributed by atoms with Crippen molar-refractivity contribution >= 4 is 17.7 Å². The predicted octanol–water partition coefficient (Wildman–Crippen LogP) is 1.81. The fourth-order valence-corrected chi connectivity index (χ4v) is 2.12. The summed E-state index contributed by atoms with van der Waals surface area (Å²) in [6.45, 7) is 4.55. The smallest absolute Gasteiger partial charge is 0.406 e. The van der Waals surface area contributed by atoms with Crippen molar-refractivity contribution in [1.82, 2.24) is 5.32 Å². The second-order valence-electron chi connectivity index (χ2n) is 5.33. The quantitative estimate of drug-likeness (QED) is 0.873. The summed E-state index contributed by atoms with van der Waals surface area (Å²) in [4.78, 5) is 22.5. The maximum atomic E-state index is 11.3. The number of alkyl carbamates (subject to hydrolysis) is 1. The molecule has 0 unspecified atom stereocenters. The highest BCUT2D eigenvalue weighted by Gasteiger charge is 2.25. The normalized spacial score (nSPS) is 13.7. The number of ether oxygens (including phenoxy) is 1. The third-order valence-corrected chi connectivity index (χ3v) is 3.37. The van der Waals surface area contributed by atoms with Gasteiger partial charge in [-0.3, -0.25) is 4.79 Å². The molecule has 5 nitrogen and oxygen atoms in total. The first-order chi connectivity index (χ1) is 8.92. The Morgan fingerprint density at radius 2 is 2.21 bits per heavy atom. The van der Waals surface area contributed by atoms with Crippen molar-refractivity contribution in [2.24, 2.45) is 0 Å². The van der Waals surface area contributed by atoms with Gasteiger partial charge in [0.1, 0.15) is 0 Å². The summed E-state index contributed by atoms with van der Waals surface area (Å²) in [5, 5.41) is 5.51. The van der Waals surface area contributed by atoms with E-state index in [-0.39, 0.29) is 11.3 Å². The number of nitrogens with one attached hydrogen (secondary N) is 2. The van der Waals surface area contributed by atoms with Crippen molar-refractivity contribution < 1.29 is 14.3 Å². The summed E-state index contributed by atoms with van der Waals surface area (Å²) in [5.41, 5.74) is 2.74. The van der Waals surface area contributed by atoms with Crippen molar-refractivity contribution in [3.8, 4) is 0 Å². The first-order valence-corrected chi connectivity index (χ1v) is 6.17. The van der Waals surface area contributed by atoms with Crippen LogP contribution in [0.1, 0.15) is 25.0 Å². The molecule has 0 fully saturated rings. The van der Waals surface area contributed by atoms with Gasteiger partial charge in [-0.25, -0.2) is 4.79 Å². The van der Waals surface area contributed by atoms with E-state index in [4.69, 9.17) is 0 Å². The number of amides is 2. The number of hydrogen-bond donors (Lipinski definition) is 2. The van der Waals surface area contributed by atoms with Crippen LogP contribution in [0.3, 0.4) is 0 Å². The van der Waals surface area contributed by atoms with Crippen molar-refractivity contribution in [2.75, 3.05) is 19.0 Å². The molecule has 0 atom stereocenters. The number of carbonyl (C=O) groups is 2. The molecule has 0 saturated carbocycles. The van der Waals surface area contributed by atoms with Gasteiger partial charge in [-0.1, -0.05) is 26.0 Å². The standard InChI is InChI=1S/C14H18N2O3/c1-14(2,8-15-13(18)19-3)10-4-5-11-9(6-10)7-12(17)16-11/h4-6H,7-8H2,1-3H3,(H,15,18)(H,16,17). The highest BCUT2D eigenvalue weighted by molar-refractivity contribution is 5.99. The number of hydrogen-bond acceptors (Lipinski definition) is 3. The minimum Gasteiger partial charge on any atom is -0.453 e. The van der Waals surface area contributed by atoms with Crippen LogP contribution >= 0.6 is 0 Å². The molecule has 0 radical (unpaired) electrons. The Morgan fingerprint density at radius 3 is 2.89 bits per heavy atom. The van der Waals surface area contributed by atoms with Gasteiger partial charge in [0.25, 0.3) is 0 Å². The summed E-state index contributed by atoms with van der Waals surface area (Å²) in [6, 6.07) is 5.91. The van der Waals surface area contributed by atoms with Gasteiger partial charge >= 0.3 is 6.09 Å². The Bertz CT molecular complexity index is 523. The summed E-state index contributed by atoms with van der Waals surface area (Å²) >= 11 is 0. The van der Waals surface area contributed by atoms with Crippen LogP contribution in [-0.2, 0) is 21.4 Å². The Kier molecular flexibility index (Phi) is 3.46. The van der Waals surface area contributed by atoms with Crippen molar-refractivity contribution in [3.05, 3.63) is 29.3 Å². The van der Waals surface area contributed by atoms with E-state index in [9.17, 15) is 9.59 Å². The van der Waals surface area contributed by atoms with E-state index in [1.54, 1.807) is 0 Å². The average molecular weight is 262 g/mol. The summed E-state index contributed by atoms with van der Waals surface area (Å²) < 4.78 is 4.56. The van der Waals surface area contributed by atoms with Crippen LogP contribution in [0, 0.1) is 0 Å². The molecule has 2 N–H and O–H groups in total. The molecule has 5 heteroatoms. The van der Waals surface area contributed by atoms with Crippen LogP contribution < -0.4 is 10.6 Å². The van der Waals surface area contributed by atoms with E-state index >= 15 is 0 Å². The lowest BCUT2D eigenvalue weighted by molar-refractivity contribution is -0.115. The topological polar surface area (TPSA) is 67.4 Å². The van der Waals surface area contributed by atoms with Gasteiger partial charge < -0.3 is 15.4 Å². The Morgan fingerprint density at radius 1 is 1.47 bits per heavy atom. The van der Waals surface area contributed by atoms with Crippen LogP contribution in [0.2, 0.25) is 0 Å². The van der Waals surface area contributed by atoms with Crippen molar-refractivity contribution in [1.29, 1.82) is 0 Å². The molecule has 0 saturated heterocycles. The van der Waals surface area contributed by atoms with E-state index in [2.05, 4.69) is 15.4 Å². The maximum absolute atomic E-state index is 11.3. The molecule has 0 aromatic heterocycles. The van der Waals surface area contributed by atoms with E-state index < -0.39 is 6.09 Å². The first kappa shape index (κ1) is 13.4. The van der Waals surface area contributed by atoms with Crippen LogP contribution in [0.5, 0.6) is 0 Å². The van der Waals surface area contributed by atoms with Gasteiger partial charge in [-0.2, -0.15) is 0 Å². The zero-order valence-corrected chi connectivity index (χ0v) is 11.4. The van der Waals surface area contributed by atoms with Crippen molar-refractivity contribution in [3.63, 3.8) is 0 Å². The Balaban J connectivity index is 2.15. The third-order valence-electron chi connectivity index (χ3n) is 3.37. The SMILES string of the molecule is COC(=O)NCC(C)(C)c1ccc2c(c1)CC(=O)N2. The molecule has 102 valence electrons. The highest BCUT2D eigenvalue weighted by atomic mass is 16.5. The first-order valence-electron chi connectivity index (χ1n) is 6.17. The monoisotopic (exact) mass is 262 g/mol. The van der Waals surface area contributed by atoms with Crippen LogP contribution in [0.25, 0.3) is 0 Å². The number of methoxy groups -OCH3 is 1. The summed E-state index contributed by atoms with van der Waals surface area (Å²) in [6.07, 6.45) is -0.0185. The fraction of sp³-hybridized carbons (Fsp3) is 0.429. The molecule has 19 heavy (non-hydrogen) atoms. The van der Waals surface area contributed by atoms with E-state index in [1.807, 2.05) is 32.0 Å². The third kappa shape index (κ3) is 2.86. The van der Waals surface area contributed by atoms with Crippen LogP contribution in [-0.4, -0.2) is 25.7 Å². The highest BCUT2D eigenvalue weighted by Crippen LogP contribution is 2.29. The predicted molar refractivity (Wildman–Crippen MR) is 72.2 cm³/mol. The Hall–Kier alpha value is -2.04. The largest absolute Gasteiger partial charge is 0.453 e. The summed E-state index contributed by atoms with van der Waals surface area (Å²) in [7, 11) is 1.34. The minimum absolute atomic E-state index is 0.0256. The molecule has 1 aromatic rings. The number of rotatable bonds is 3. The van der Waals surface area contributed by atoms with Gasteiger partial charge in [0.15, 0.2) is 0 Å². The Labute approximate surface area is 112 Å². The molecule has 2 amide bonds.